The predicted molar refractivity (Wildman–Crippen MR) is 210 cm³/mol. The Morgan fingerprint density at radius 2 is 1.60 bits per heavy atom. The quantitative estimate of drug-likeness (QED) is 0.132. The Morgan fingerprint density at radius 1 is 0.830 bits per heavy atom. The van der Waals surface area contributed by atoms with Crippen molar-refractivity contribution in [1.29, 1.82) is 5.26 Å². The zero-order valence-corrected chi connectivity index (χ0v) is 32.1. The van der Waals surface area contributed by atoms with Crippen LogP contribution in [0.25, 0.3) is 22.4 Å². The molecule has 2 aliphatic rings. The van der Waals surface area contributed by atoms with Gasteiger partial charge >= 0.3 is 0 Å². The molecule has 1 saturated heterocycles. The van der Waals surface area contributed by atoms with Crippen molar-refractivity contribution in [3.05, 3.63) is 115 Å². The van der Waals surface area contributed by atoms with E-state index in [2.05, 4.69) is 42.2 Å². The van der Waals surface area contributed by atoms with Gasteiger partial charge in [-0.25, -0.2) is 4.98 Å². The van der Waals surface area contributed by atoms with E-state index in [9.17, 15) is 5.26 Å². The minimum atomic E-state index is 0.146. The lowest BCUT2D eigenvalue weighted by molar-refractivity contribution is 0.211. The zero-order chi connectivity index (χ0) is 36.7. The molecule has 0 saturated carbocycles. The lowest BCUT2D eigenvalue weighted by Crippen LogP contribution is -2.29. The number of aromatic nitrogens is 3. The van der Waals surface area contributed by atoms with E-state index in [-0.39, 0.29) is 13.2 Å². The second-order valence-electron chi connectivity index (χ2n) is 12.7. The molecular weight excluding hydrogens is 777 g/mol. The number of nitrogens with one attached hydrogen (secondary N) is 1. The number of rotatable bonds is 12. The topological polar surface area (TPSA) is 118 Å². The molecule has 3 aromatic heterocycles. The maximum atomic E-state index is 9.33. The molecule has 0 unspecified atom stereocenters. The summed E-state index contributed by atoms with van der Waals surface area (Å²) in [4.78, 5) is 20.7. The third-order valence-corrected chi connectivity index (χ3v) is 10.5. The number of methoxy groups -OCH3 is 1. The molecule has 7 rings (SSSR count). The molecule has 0 amide bonds. The first kappa shape index (κ1) is 36.6. The molecule has 5 heterocycles. The molecule has 0 radical (unpaired) electrons. The molecule has 0 spiro atoms. The third kappa shape index (κ3) is 8.42. The van der Waals surface area contributed by atoms with Gasteiger partial charge < -0.3 is 19.5 Å². The van der Waals surface area contributed by atoms with Gasteiger partial charge in [-0.1, -0.05) is 66.0 Å². The Labute approximate surface area is 326 Å². The number of hydrogen-bond acceptors (Lipinski definition) is 10. The molecule has 1 N–H and O–H groups in total. The second-order valence-corrected chi connectivity index (χ2v) is 14.3. The number of piperidine rings is 1. The first-order valence-corrected chi connectivity index (χ1v) is 18.9. The highest BCUT2D eigenvalue weighted by Gasteiger charge is 2.21. The van der Waals surface area contributed by atoms with Crippen LogP contribution in [-0.2, 0) is 19.8 Å². The van der Waals surface area contributed by atoms with Gasteiger partial charge in [0.15, 0.2) is 0 Å². The van der Waals surface area contributed by atoms with E-state index < -0.39 is 0 Å². The fourth-order valence-corrected chi connectivity index (χ4v) is 7.55. The van der Waals surface area contributed by atoms with Crippen molar-refractivity contribution in [2.24, 2.45) is 4.99 Å². The Balaban J connectivity index is 1.13. The van der Waals surface area contributed by atoms with E-state index in [1.54, 1.807) is 19.4 Å². The van der Waals surface area contributed by atoms with Gasteiger partial charge in [0.1, 0.15) is 25.1 Å². The smallest absolute Gasteiger partial charge is 0.231 e. The fourth-order valence-electron chi connectivity index (χ4n) is 6.46. The Morgan fingerprint density at radius 3 is 2.38 bits per heavy atom. The van der Waals surface area contributed by atoms with Gasteiger partial charge in [0.2, 0.25) is 17.6 Å². The molecule has 0 bridgehead atoms. The van der Waals surface area contributed by atoms with E-state index in [1.807, 2.05) is 54.6 Å². The van der Waals surface area contributed by atoms with Crippen LogP contribution in [-0.4, -0.2) is 59.0 Å². The highest BCUT2D eigenvalue weighted by Crippen LogP contribution is 2.41. The van der Waals surface area contributed by atoms with E-state index in [1.165, 1.54) is 25.5 Å². The molecule has 13 heteroatoms. The Kier molecular flexibility index (Phi) is 11.7. The van der Waals surface area contributed by atoms with Crippen LogP contribution >= 0.6 is 39.1 Å². The summed E-state index contributed by atoms with van der Waals surface area (Å²) < 4.78 is 18.9. The maximum absolute atomic E-state index is 9.33. The van der Waals surface area contributed by atoms with Crippen LogP contribution in [0.2, 0.25) is 10.0 Å². The van der Waals surface area contributed by atoms with E-state index >= 15 is 0 Å². The second kappa shape index (κ2) is 16.9. The van der Waals surface area contributed by atoms with Gasteiger partial charge in [-0.3, -0.25) is 14.9 Å². The summed E-state index contributed by atoms with van der Waals surface area (Å²) in [6.45, 7) is 4.59. The number of aliphatic imine (C=N–C) groups is 1. The summed E-state index contributed by atoms with van der Waals surface area (Å²) in [5, 5.41) is 13.6. The summed E-state index contributed by atoms with van der Waals surface area (Å²) in [6, 6.07) is 21.3. The minimum Gasteiger partial charge on any atom is -0.480 e. The number of likely N-dealkylation sites (tertiary alicyclic amines) is 1. The van der Waals surface area contributed by atoms with E-state index in [0.717, 1.165) is 64.4 Å². The standard InChI is InChI=1S/C40H36BrCl2N7O3/c1-51-39-32(37-46-13-14-47-37)11-12-34(48-39)31-10-6-9-30(36(31)43)29-8-5-7-27(35(29)42)24-53-40-33(41)18-28(22-50-15-3-2-4-16-50)38(49-40)52-23-26-17-25(19-44)20-45-21-26/h5-12,17-18,20-21H,2-4,13-16,22-24H2,1H3,(H,46,47). The summed E-state index contributed by atoms with van der Waals surface area (Å²) >= 11 is 17.9. The van der Waals surface area contributed by atoms with Gasteiger partial charge in [-0.15, -0.1) is 0 Å². The summed E-state index contributed by atoms with van der Waals surface area (Å²) in [6.07, 6.45) is 6.79. The van der Waals surface area contributed by atoms with Gasteiger partial charge in [0, 0.05) is 58.9 Å². The van der Waals surface area contributed by atoms with Crippen molar-refractivity contribution >= 4 is 45.0 Å². The normalized spacial score (nSPS) is 14.3. The largest absolute Gasteiger partial charge is 0.480 e. The van der Waals surface area contributed by atoms with Crippen LogP contribution in [0.3, 0.4) is 0 Å². The summed E-state index contributed by atoms with van der Waals surface area (Å²) in [7, 11) is 1.59. The number of halogens is 3. The molecular formula is C40H36BrCl2N7O3. The van der Waals surface area contributed by atoms with Crippen molar-refractivity contribution < 1.29 is 14.2 Å². The molecule has 270 valence electrons. The molecule has 53 heavy (non-hydrogen) atoms. The van der Waals surface area contributed by atoms with Crippen molar-refractivity contribution in [3.8, 4) is 46.1 Å². The van der Waals surface area contributed by atoms with E-state index in [4.69, 9.17) is 47.4 Å². The molecule has 2 aromatic carbocycles. The minimum absolute atomic E-state index is 0.146. The Hall–Kier alpha value is -4.73. The third-order valence-electron chi connectivity index (χ3n) is 9.12. The molecule has 0 aliphatic carbocycles. The zero-order valence-electron chi connectivity index (χ0n) is 29.0. The van der Waals surface area contributed by atoms with Crippen molar-refractivity contribution in [1.82, 2.24) is 25.2 Å². The van der Waals surface area contributed by atoms with Crippen LogP contribution in [0.4, 0.5) is 0 Å². The monoisotopic (exact) mass is 811 g/mol. The first-order chi connectivity index (χ1) is 25.9. The predicted octanol–water partition coefficient (Wildman–Crippen LogP) is 8.65. The number of nitriles is 1. The van der Waals surface area contributed by atoms with Gasteiger partial charge in [0.25, 0.3) is 0 Å². The van der Waals surface area contributed by atoms with Crippen LogP contribution in [0.5, 0.6) is 17.6 Å². The average molecular weight is 814 g/mol. The van der Waals surface area contributed by atoms with Gasteiger partial charge in [-0.2, -0.15) is 10.2 Å². The fraction of sp³-hybridized carbons (Fsp3) is 0.275. The highest BCUT2D eigenvalue weighted by atomic mass is 79.9. The average Bonchev–Trinajstić information content (AvgIpc) is 3.73. The maximum Gasteiger partial charge on any atom is 0.231 e. The van der Waals surface area contributed by atoms with Gasteiger partial charge in [0.05, 0.1) is 45.0 Å². The summed E-state index contributed by atoms with van der Waals surface area (Å²) in [5.74, 6) is 2.07. The van der Waals surface area contributed by atoms with Crippen LogP contribution in [0.1, 0.15) is 47.1 Å². The molecule has 5 aromatic rings. The lowest BCUT2D eigenvalue weighted by Gasteiger charge is -2.27. The highest BCUT2D eigenvalue weighted by molar-refractivity contribution is 9.10. The number of amidine groups is 1. The molecule has 2 aliphatic heterocycles. The molecule has 10 nitrogen and oxygen atoms in total. The van der Waals surface area contributed by atoms with Crippen molar-refractivity contribution in [2.75, 3.05) is 33.3 Å². The van der Waals surface area contributed by atoms with Crippen molar-refractivity contribution in [3.63, 3.8) is 0 Å². The van der Waals surface area contributed by atoms with Crippen LogP contribution in [0, 0.1) is 11.3 Å². The van der Waals surface area contributed by atoms with Crippen molar-refractivity contribution in [2.45, 2.75) is 39.0 Å². The van der Waals surface area contributed by atoms with E-state index in [0.29, 0.717) is 56.5 Å². The van der Waals surface area contributed by atoms with Crippen LogP contribution < -0.4 is 19.5 Å². The van der Waals surface area contributed by atoms with Gasteiger partial charge in [-0.05, 0) is 66.1 Å². The number of nitrogens with zero attached hydrogens (tertiary/aromatic N) is 6. The number of hydrogen-bond donors (Lipinski definition) is 1. The molecule has 0 atom stereocenters. The number of pyridine rings is 3. The SMILES string of the molecule is COc1nc(-c2cccc(-c3cccc(COc4nc(OCc5cncc(C#N)c5)c(CN5CCCCC5)cc4Br)c3Cl)c2Cl)ccc1C1=NCCN1. The number of ether oxygens (including phenoxy) is 3. The number of benzene rings is 2. The lowest BCUT2D eigenvalue weighted by atomic mass is 9.99. The Bertz CT molecular complexity index is 2200. The first-order valence-electron chi connectivity index (χ1n) is 17.3. The summed E-state index contributed by atoms with van der Waals surface area (Å²) in [5.41, 5.74) is 6.67. The van der Waals surface area contributed by atoms with Crippen LogP contribution in [0.15, 0.2) is 82.5 Å². The molecule has 1 fully saturated rings.